The number of nitrogens with zero attached hydrogens (tertiary/aromatic N) is 1. The van der Waals surface area contributed by atoms with E-state index in [0.717, 1.165) is 5.56 Å². The van der Waals surface area contributed by atoms with E-state index in [9.17, 15) is 13.2 Å². The third-order valence-electron chi connectivity index (χ3n) is 2.87. The van der Waals surface area contributed by atoms with Crippen molar-refractivity contribution in [2.24, 2.45) is 0 Å². The molecule has 1 aliphatic heterocycles. The lowest BCUT2D eigenvalue weighted by Gasteiger charge is -2.19. The highest BCUT2D eigenvalue weighted by molar-refractivity contribution is 7.89. The standard InChI is InChI=1S/C12H14NO3S/c1-10-4-6-12(7-5-10)17(15,16)13-8-2-3-11(13)9-14/h2,4-7,9,11H,3,8H2,1H3/t11-/m0/s1. The van der Waals surface area contributed by atoms with E-state index in [4.69, 9.17) is 0 Å². The number of carbonyl (C=O) groups excluding carboxylic acids is 1. The molecule has 1 saturated heterocycles. The minimum Gasteiger partial charge on any atom is -0.302 e. The quantitative estimate of drug-likeness (QED) is 0.759. The first kappa shape index (κ1) is 12.3. The monoisotopic (exact) mass is 252 g/mol. The lowest BCUT2D eigenvalue weighted by Crippen LogP contribution is -2.36. The van der Waals surface area contributed by atoms with Gasteiger partial charge in [-0.2, -0.15) is 4.31 Å². The molecule has 1 aliphatic rings. The van der Waals surface area contributed by atoms with E-state index in [1.165, 1.54) is 4.31 Å². The van der Waals surface area contributed by atoms with Gasteiger partial charge in [-0.25, -0.2) is 8.42 Å². The number of aryl methyl sites for hydroxylation is 1. The van der Waals surface area contributed by atoms with Crippen molar-refractivity contribution >= 4 is 16.3 Å². The molecule has 5 heteroatoms. The largest absolute Gasteiger partial charge is 0.302 e. The molecule has 1 fully saturated rings. The van der Waals surface area contributed by atoms with Crippen LogP contribution in [0.25, 0.3) is 0 Å². The van der Waals surface area contributed by atoms with E-state index >= 15 is 0 Å². The molecule has 4 nitrogen and oxygen atoms in total. The van der Waals surface area contributed by atoms with Crippen LogP contribution in [0.5, 0.6) is 0 Å². The van der Waals surface area contributed by atoms with Crippen LogP contribution in [0.1, 0.15) is 12.0 Å². The molecular weight excluding hydrogens is 238 g/mol. The van der Waals surface area contributed by atoms with Crippen LogP contribution in [0, 0.1) is 13.3 Å². The Morgan fingerprint density at radius 2 is 1.94 bits per heavy atom. The Morgan fingerprint density at radius 1 is 1.29 bits per heavy atom. The van der Waals surface area contributed by atoms with Crippen LogP contribution in [0.2, 0.25) is 0 Å². The normalized spacial score (nSPS) is 21.6. The summed E-state index contributed by atoms with van der Waals surface area (Å²) in [6.07, 6.45) is 2.99. The molecule has 0 saturated carbocycles. The van der Waals surface area contributed by atoms with E-state index in [1.54, 1.807) is 24.3 Å². The van der Waals surface area contributed by atoms with Crippen LogP contribution in [0.15, 0.2) is 29.2 Å². The van der Waals surface area contributed by atoms with Crippen molar-refractivity contribution in [1.82, 2.24) is 4.31 Å². The van der Waals surface area contributed by atoms with Crippen LogP contribution in [-0.2, 0) is 14.8 Å². The maximum Gasteiger partial charge on any atom is 0.243 e. The first-order chi connectivity index (χ1) is 8.05. The van der Waals surface area contributed by atoms with Crippen LogP contribution in [0.3, 0.4) is 0 Å². The maximum absolute atomic E-state index is 12.3. The van der Waals surface area contributed by atoms with E-state index in [1.807, 2.05) is 13.3 Å². The Kier molecular flexibility index (Phi) is 3.31. The highest BCUT2D eigenvalue weighted by atomic mass is 32.2. The summed E-state index contributed by atoms with van der Waals surface area (Å²) in [5, 5.41) is 0. The van der Waals surface area contributed by atoms with E-state index < -0.39 is 16.1 Å². The summed E-state index contributed by atoms with van der Waals surface area (Å²) in [7, 11) is -3.55. The second kappa shape index (κ2) is 4.58. The topological polar surface area (TPSA) is 54.5 Å². The average molecular weight is 252 g/mol. The molecule has 91 valence electrons. The van der Waals surface area contributed by atoms with Crippen LogP contribution < -0.4 is 0 Å². The smallest absolute Gasteiger partial charge is 0.243 e. The molecule has 0 unspecified atom stereocenters. The fraction of sp³-hybridized carbons (Fsp3) is 0.333. The number of aldehydes is 1. The molecule has 0 bridgehead atoms. The third-order valence-corrected chi connectivity index (χ3v) is 4.78. The van der Waals surface area contributed by atoms with E-state index in [2.05, 4.69) is 0 Å². The van der Waals surface area contributed by atoms with Gasteiger partial charge in [-0.3, -0.25) is 0 Å². The van der Waals surface area contributed by atoms with Crippen molar-refractivity contribution in [3.63, 3.8) is 0 Å². The molecule has 1 radical (unpaired) electrons. The van der Waals surface area contributed by atoms with Gasteiger partial charge in [0.2, 0.25) is 10.0 Å². The number of benzene rings is 1. The Hall–Kier alpha value is -1.20. The fourth-order valence-electron chi connectivity index (χ4n) is 1.87. The summed E-state index contributed by atoms with van der Waals surface area (Å²) in [5.74, 6) is 0. The van der Waals surface area contributed by atoms with Crippen molar-refractivity contribution in [1.29, 1.82) is 0 Å². The van der Waals surface area contributed by atoms with Gasteiger partial charge in [0.1, 0.15) is 6.29 Å². The maximum atomic E-state index is 12.3. The van der Waals surface area contributed by atoms with E-state index in [-0.39, 0.29) is 4.90 Å². The minimum atomic E-state index is -3.55. The molecule has 1 heterocycles. The van der Waals surface area contributed by atoms with Gasteiger partial charge in [0.25, 0.3) is 0 Å². The van der Waals surface area contributed by atoms with Gasteiger partial charge in [0, 0.05) is 6.54 Å². The highest BCUT2D eigenvalue weighted by Gasteiger charge is 2.34. The van der Waals surface area contributed by atoms with Crippen molar-refractivity contribution < 1.29 is 13.2 Å². The summed E-state index contributed by atoms with van der Waals surface area (Å²) >= 11 is 0. The summed E-state index contributed by atoms with van der Waals surface area (Å²) in [6.45, 7) is 2.20. The SMILES string of the molecule is Cc1ccc(S(=O)(=O)N2C[CH]C[C@H]2C=O)cc1. The molecule has 1 atom stereocenters. The molecule has 0 aliphatic carbocycles. The molecule has 0 aromatic heterocycles. The zero-order chi connectivity index (χ0) is 12.5. The van der Waals surface area contributed by atoms with Gasteiger partial charge in [0.15, 0.2) is 0 Å². The minimum absolute atomic E-state index is 0.241. The lowest BCUT2D eigenvalue weighted by molar-refractivity contribution is -0.110. The Bertz CT molecular complexity index is 507. The van der Waals surface area contributed by atoms with Crippen LogP contribution in [0.4, 0.5) is 0 Å². The number of carbonyl (C=O) groups is 1. The Morgan fingerprint density at radius 3 is 2.53 bits per heavy atom. The van der Waals surface area contributed by atoms with Gasteiger partial charge >= 0.3 is 0 Å². The average Bonchev–Trinajstić information content (AvgIpc) is 2.78. The first-order valence-electron chi connectivity index (χ1n) is 5.41. The summed E-state index contributed by atoms with van der Waals surface area (Å²) in [5.41, 5.74) is 1.00. The van der Waals surface area contributed by atoms with Gasteiger partial charge in [0.05, 0.1) is 10.9 Å². The van der Waals surface area contributed by atoms with Gasteiger partial charge in [-0.1, -0.05) is 17.7 Å². The third kappa shape index (κ3) is 2.25. The number of hydrogen-bond donors (Lipinski definition) is 0. The zero-order valence-corrected chi connectivity index (χ0v) is 10.4. The highest BCUT2D eigenvalue weighted by Crippen LogP contribution is 2.24. The second-order valence-electron chi connectivity index (χ2n) is 4.12. The summed E-state index contributed by atoms with van der Waals surface area (Å²) < 4.78 is 25.8. The molecule has 1 aromatic rings. The molecule has 17 heavy (non-hydrogen) atoms. The van der Waals surface area contributed by atoms with Crippen LogP contribution >= 0.6 is 0 Å². The number of hydrogen-bond acceptors (Lipinski definition) is 3. The predicted octanol–water partition coefficient (Wildman–Crippen LogP) is 1.16. The zero-order valence-electron chi connectivity index (χ0n) is 9.54. The second-order valence-corrected chi connectivity index (χ2v) is 6.01. The lowest BCUT2D eigenvalue weighted by atomic mass is 10.2. The molecule has 0 spiro atoms. The van der Waals surface area contributed by atoms with Gasteiger partial charge < -0.3 is 4.79 Å². The summed E-state index contributed by atoms with van der Waals surface area (Å²) in [6, 6.07) is 6.10. The predicted molar refractivity (Wildman–Crippen MR) is 63.8 cm³/mol. The molecule has 2 rings (SSSR count). The molecule has 0 amide bonds. The van der Waals surface area contributed by atoms with Crippen LogP contribution in [-0.4, -0.2) is 31.6 Å². The molecular formula is C12H14NO3S. The first-order valence-corrected chi connectivity index (χ1v) is 6.85. The fourth-order valence-corrected chi connectivity index (χ4v) is 3.42. The van der Waals surface area contributed by atoms with Crippen molar-refractivity contribution in [2.75, 3.05) is 6.54 Å². The molecule has 0 N–H and O–H groups in total. The van der Waals surface area contributed by atoms with Gasteiger partial charge in [-0.05, 0) is 31.9 Å². The number of rotatable bonds is 3. The summed E-state index contributed by atoms with van der Waals surface area (Å²) in [4.78, 5) is 11.1. The molecule has 1 aromatic carbocycles. The van der Waals surface area contributed by atoms with Crippen molar-refractivity contribution in [3.05, 3.63) is 36.2 Å². The van der Waals surface area contributed by atoms with E-state index in [0.29, 0.717) is 19.3 Å². The van der Waals surface area contributed by atoms with Crippen molar-refractivity contribution in [3.8, 4) is 0 Å². The Labute approximate surface area is 101 Å². The number of sulfonamides is 1. The van der Waals surface area contributed by atoms with Crippen molar-refractivity contribution in [2.45, 2.75) is 24.3 Å². The Balaban J connectivity index is 2.36. The van der Waals surface area contributed by atoms with Gasteiger partial charge in [-0.15, -0.1) is 0 Å².